The van der Waals surface area contributed by atoms with Gasteiger partial charge in [-0.25, -0.2) is 4.99 Å². The zero-order chi connectivity index (χ0) is 20.5. The van der Waals surface area contributed by atoms with Gasteiger partial charge in [0, 0.05) is 5.56 Å². The minimum absolute atomic E-state index is 0.255. The molecule has 4 rings (SSSR count). The molecule has 4 nitrogen and oxygen atoms in total. The van der Waals surface area contributed by atoms with Crippen molar-refractivity contribution >= 4 is 34.6 Å². The van der Waals surface area contributed by atoms with Crippen molar-refractivity contribution in [3.05, 3.63) is 82.4 Å². The fraction of sp³-hybridized carbons (Fsp3) is 0.167. The molecule has 0 radical (unpaired) electrons. The van der Waals surface area contributed by atoms with Gasteiger partial charge in [-0.2, -0.15) is 0 Å². The van der Waals surface area contributed by atoms with Crippen LogP contribution in [0.3, 0.4) is 0 Å². The molecule has 1 amide bonds. The van der Waals surface area contributed by atoms with E-state index in [4.69, 9.17) is 16.3 Å². The molecule has 0 bridgehead atoms. The number of nitrogens with one attached hydrogen (secondary N) is 1. The molecule has 0 saturated heterocycles. The highest BCUT2D eigenvalue weighted by molar-refractivity contribution is 6.55. The highest BCUT2D eigenvalue weighted by Gasteiger charge is 2.27. The molecule has 3 aromatic carbocycles. The number of halogens is 1. The number of aryl methyl sites for hydroxylation is 1. The molecular formula is C24H21ClN2O2. The molecule has 1 aliphatic heterocycles. The van der Waals surface area contributed by atoms with Crippen molar-refractivity contribution < 1.29 is 9.53 Å². The summed E-state index contributed by atoms with van der Waals surface area (Å²) in [4.78, 5) is 16.8. The minimum atomic E-state index is -0.255. The predicted molar refractivity (Wildman–Crippen MR) is 118 cm³/mol. The van der Waals surface area contributed by atoms with Crippen LogP contribution < -0.4 is 10.1 Å². The van der Waals surface area contributed by atoms with E-state index in [1.54, 1.807) is 6.07 Å². The summed E-state index contributed by atoms with van der Waals surface area (Å²) in [6.45, 7) is 6.34. The Labute approximate surface area is 175 Å². The van der Waals surface area contributed by atoms with Crippen molar-refractivity contribution in [2.75, 3.05) is 5.32 Å². The molecule has 0 fully saturated rings. The van der Waals surface area contributed by atoms with Crippen molar-refractivity contribution in [2.24, 2.45) is 4.99 Å². The molecule has 0 aromatic heterocycles. The van der Waals surface area contributed by atoms with Gasteiger partial charge in [-0.15, -0.1) is 0 Å². The van der Waals surface area contributed by atoms with Gasteiger partial charge in [0.05, 0.1) is 16.4 Å². The van der Waals surface area contributed by atoms with Crippen molar-refractivity contribution in [1.29, 1.82) is 0 Å². The lowest BCUT2D eigenvalue weighted by Crippen LogP contribution is -2.13. The van der Waals surface area contributed by atoms with Crippen LogP contribution in [0, 0.1) is 6.92 Å². The SMILES string of the molecule is Cc1ccc(C(C)C)c(Oc2ccc(N=C3C(=O)Nc4c(Cl)cccc43)cc2)c1. The second-order valence-corrected chi connectivity index (χ2v) is 7.78. The van der Waals surface area contributed by atoms with Crippen molar-refractivity contribution in [2.45, 2.75) is 26.7 Å². The fourth-order valence-electron chi connectivity index (χ4n) is 3.31. The van der Waals surface area contributed by atoms with Gasteiger partial charge in [-0.3, -0.25) is 4.79 Å². The van der Waals surface area contributed by atoms with Gasteiger partial charge in [0.1, 0.15) is 17.2 Å². The Hall–Kier alpha value is -3.11. The van der Waals surface area contributed by atoms with E-state index in [1.807, 2.05) is 49.4 Å². The van der Waals surface area contributed by atoms with E-state index in [9.17, 15) is 4.79 Å². The Morgan fingerprint density at radius 2 is 1.79 bits per heavy atom. The summed E-state index contributed by atoms with van der Waals surface area (Å²) in [6, 6.07) is 19.0. The van der Waals surface area contributed by atoms with E-state index in [0.717, 1.165) is 22.6 Å². The first-order valence-corrected chi connectivity index (χ1v) is 9.87. The summed E-state index contributed by atoms with van der Waals surface area (Å²) in [5.41, 5.74) is 4.66. The third kappa shape index (κ3) is 3.89. The zero-order valence-electron chi connectivity index (χ0n) is 16.5. The normalized spacial score (nSPS) is 14.2. The van der Waals surface area contributed by atoms with Crippen LogP contribution in [0.15, 0.2) is 65.7 Å². The van der Waals surface area contributed by atoms with Gasteiger partial charge >= 0.3 is 0 Å². The molecule has 0 spiro atoms. The van der Waals surface area contributed by atoms with Crippen LogP contribution in [0.1, 0.15) is 36.5 Å². The third-order valence-electron chi connectivity index (χ3n) is 4.82. The van der Waals surface area contributed by atoms with Gasteiger partial charge in [0.15, 0.2) is 0 Å². The number of para-hydroxylation sites is 1. The van der Waals surface area contributed by atoms with Crippen LogP contribution >= 0.6 is 11.6 Å². The van der Waals surface area contributed by atoms with E-state index < -0.39 is 0 Å². The van der Waals surface area contributed by atoms with Crippen LogP contribution in [0.2, 0.25) is 5.02 Å². The molecule has 146 valence electrons. The number of aliphatic imine (C=N–C) groups is 1. The largest absolute Gasteiger partial charge is 0.457 e. The molecule has 5 heteroatoms. The maximum absolute atomic E-state index is 12.3. The Bertz CT molecular complexity index is 1120. The standard InChI is InChI=1S/C24H21ClN2O2/c1-14(2)18-12-7-15(3)13-21(18)29-17-10-8-16(9-11-17)26-23-19-5-4-6-20(25)22(19)27-24(23)28/h4-14H,1-3H3,(H,26,27,28). The lowest BCUT2D eigenvalue weighted by Gasteiger charge is -2.14. The molecule has 0 saturated carbocycles. The van der Waals surface area contributed by atoms with E-state index in [0.29, 0.717) is 33.6 Å². The van der Waals surface area contributed by atoms with E-state index in [-0.39, 0.29) is 5.91 Å². The predicted octanol–water partition coefficient (Wildman–Crippen LogP) is 6.64. The van der Waals surface area contributed by atoms with Gasteiger partial charge in [-0.1, -0.05) is 49.7 Å². The molecule has 3 aromatic rings. The Morgan fingerprint density at radius 3 is 2.52 bits per heavy atom. The Balaban J connectivity index is 1.60. The first-order chi connectivity index (χ1) is 13.9. The van der Waals surface area contributed by atoms with E-state index >= 15 is 0 Å². The smallest absolute Gasteiger partial charge is 0.275 e. The molecule has 1 heterocycles. The number of carbonyl (C=O) groups is 1. The lowest BCUT2D eigenvalue weighted by atomic mass is 10.0. The summed E-state index contributed by atoms with van der Waals surface area (Å²) in [7, 11) is 0. The first kappa shape index (κ1) is 19.2. The zero-order valence-corrected chi connectivity index (χ0v) is 17.2. The minimum Gasteiger partial charge on any atom is -0.457 e. The van der Waals surface area contributed by atoms with Gasteiger partial charge in [0.25, 0.3) is 5.91 Å². The summed E-state index contributed by atoms with van der Waals surface area (Å²) >= 11 is 6.16. The average molecular weight is 405 g/mol. The summed E-state index contributed by atoms with van der Waals surface area (Å²) < 4.78 is 6.12. The molecule has 0 atom stereocenters. The fourth-order valence-corrected chi connectivity index (χ4v) is 3.53. The van der Waals surface area contributed by atoms with Crippen molar-refractivity contribution in [3.63, 3.8) is 0 Å². The lowest BCUT2D eigenvalue weighted by molar-refractivity contribution is -0.110. The van der Waals surface area contributed by atoms with Gasteiger partial charge < -0.3 is 10.1 Å². The number of ether oxygens (including phenoxy) is 1. The maximum Gasteiger partial charge on any atom is 0.275 e. The van der Waals surface area contributed by atoms with Crippen molar-refractivity contribution in [3.8, 4) is 11.5 Å². The molecule has 0 aliphatic carbocycles. The number of hydrogen-bond acceptors (Lipinski definition) is 3. The summed E-state index contributed by atoms with van der Waals surface area (Å²) in [5.74, 6) is 1.69. The molecule has 1 N–H and O–H groups in total. The average Bonchev–Trinajstić information content (AvgIpc) is 3.00. The van der Waals surface area contributed by atoms with Crippen LogP contribution in [-0.2, 0) is 4.79 Å². The number of hydrogen-bond donors (Lipinski definition) is 1. The van der Waals surface area contributed by atoms with Crippen LogP contribution in [0.25, 0.3) is 0 Å². The highest BCUT2D eigenvalue weighted by Crippen LogP contribution is 2.34. The number of anilines is 1. The topological polar surface area (TPSA) is 50.7 Å². The quantitative estimate of drug-likeness (QED) is 0.530. The number of rotatable bonds is 4. The number of carbonyl (C=O) groups excluding carboxylic acids is 1. The van der Waals surface area contributed by atoms with Crippen LogP contribution in [-0.4, -0.2) is 11.6 Å². The second kappa shape index (κ2) is 7.72. The number of fused-ring (bicyclic) bond motifs is 1. The molecule has 29 heavy (non-hydrogen) atoms. The molecule has 1 aliphatic rings. The monoisotopic (exact) mass is 404 g/mol. The van der Waals surface area contributed by atoms with Crippen LogP contribution in [0.5, 0.6) is 11.5 Å². The second-order valence-electron chi connectivity index (χ2n) is 7.37. The molecule has 0 unspecified atom stereocenters. The third-order valence-corrected chi connectivity index (χ3v) is 5.13. The highest BCUT2D eigenvalue weighted by atomic mass is 35.5. The summed E-state index contributed by atoms with van der Waals surface area (Å²) in [5, 5.41) is 3.28. The Kier molecular flexibility index (Phi) is 5.12. The maximum atomic E-state index is 12.3. The first-order valence-electron chi connectivity index (χ1n) is 9.50. The molecular weight excluding hydrogens is 384 g/mol. The summed E-state index contributed by atoms with van der Waals surface area (Å²) in [6.07, 6.45) is 0. The van der Waals surface area contributed by atoms with E-state index in [1.165, 1.54) is 0 Å². The van der Waals surface area contributed by atoms with Crippen molar-refractivity contribution in [1.82, 2.24) is 0 Å². The van der Waals surface area contributed by atoms with E-state index in [2.05, 4.69) is 36.3 Å². The van der Waals surface area contributed by atoms with Crippen LogP contribution in [0.4, 0.5) is 11.4 Å². The van der Waals surface area contributed by atoms with Gasteiger partial charge in [-0.05, 0) is 60.4 Å². The number of benzene rings is 3. The Morgan fingerprint density at radius 1 is 1.03 bits per heavy atom. The number of nitrogens with zero attached hydrogens (tertiary/aromatic N) is 1. The van der Waals surface area contributed by atoms with Gasteiger partial charge in [0.2, 0.25) is 0 Å². The number of amides is 1.